The number of aryl methyl sites for hydroxylation is 1. The number of hydrogen-bond acceptors (Lipinski definition) is 7. The molecular weight excluding hydrogens is 376 g/mol. The fourth-order valence-electron chi connectivity index (χ4n) is 2.84. The first-order valence-corrected chi connectivity index (χ1v) is 9.02. The zero-order chi connectivity index (χ0) is 21.0. The third-order valence-electron chi connectivity index (χ3n) is 4.23. The highest BCUT2D eigenvalue weighted by atomic mass is 16.6. The molecule has 0 atom stereocenters. The van der Waals surface area contributed by atoms with Gasteiger partial charge < -0.3 is 14.2 Å². The minimum Gasteiger partial charge on any atom is -0.493 e. The van der Waals surface area contributed by atoms with Gasteiger partial charge >= 0.3 is 5.97 Å². The molecule has 0 spiro atoms. The summed E-state index contributed by atoms with van der Waals surface area (Å²) in [6.07, 6.45) is 2.39. The van der Waals surface area contributed by atoms with Gasteiger partial charge in [-0.25, -0.2) is 9.79 Å². The van der Waals surface area contributed by atoms with Crippen molar-refractivity contribution in [3.8, 4) is 11.5 Å². The van der Waals surface area contributed by atoms with Gasteiger partial charge in [-0.3, -0.25) is 10.1 Å². The molecule has 29 heavy (non-hydrogen) atoms. The fraction of sp³-hybridized carbons (Fsp3) is 0.238. The Kier molecular flexibility index (Phi) is 5.92. The molecule has 0 unspecified atom stereocenters. The summed E-state index contributed by atoms with van der Waals surface area (Å²) < 4.78 is 16.4. The molecule has 0 saturated carbocycles. The van der Waals surface area contributed by atoms with Crippen LogP contribution in [0.1, 0.15) is 30.0 Å². The second-order valence-corrected chi connectivity index (χ2v) is 6.32. The Labute approximate surface area is 167 Å². The van der Waals surface area contributed by atoms with Gasteiger partial charge in [0.25, 0.3) is 5.69 Å². The Bertz CT molecular complexity index is 1030. The number of nitro groups is 1. The van der Waals surface area contributed by atoms with Crippen LogP contribution in [0.25, 0.3) is 6.08 Å². The van der Waals surface area contributed by atoms with E-state index in [-0.39, 0.29) is 17.3 Å². The van der Waals surface area contributed by atoms with Gasteiger partial charge in [0.05, 0.1) is 18.6 Å². The molecular formula is C21H20N2O6. The third kappa shape index (κ3) is 4.26. The van der Waals surface area contributed by atoms with E-state index in [2.05, 4.69) is 4.99 Å². The summed E-state index contributed by atoms with van der Waals surface area (Å²) in [5.74, 6) is 0.555. The standard InChI is InChI=1S/C21H20N2O6/c1-4-10-28-19-14(6-5-7-18(19)27-3)12-16-21(24)29-20(22-16)15-8-9-17(23(25)26)13(2)11-15/h5-9,11-12H,4,10H2,1-3H3/b16-12-. The number of carbonyl (C=O) groups excluding carboxylic acids is 1. The number of esters is 1. The smallest absolute Gasteiger partial charge is 0.363 e. The van der Waals surface area contributed by atoms with Crippen molar-refractivity contribution in [3.63, 3.8) is 0 Å². The summed E-state index contributed by atoms with van der Waals surface area (Å²) in [5.41, 5.74) is 1.66. The van der Waals surface area contributed by atoms with E-state index in [1.54, 1.807) is 44.4 Å². The number of cyclic esters (lactones) is 1. The molecule has 3 rings (SSSR count). The molecule has 0 fully saturated rings. The van der Waals surface area contributed by atoms with Crippen molar-refractivity contribution in [2.45, 2.75) is 20.3 Å². The van der Waals surface area contributed by atoms with Crippen LogP contribution in [0, 0.1) is 17.0 Å². The first kappa shape index (κ1) is 20.1. The van der Waals surface area contributed by atoms with Crippen molar-refractivity contribution in [2.75, 3.05) is 13.7 Å². The van der Waals surface area contributed by atoms with Crippen LogP contribution in [0.4, 0.5) is 5.69 Å². The number of nitro benzene ring substituents is 1. The quantitative estimate of drug-likeness (QED) is 0.303. The molecule has 1 heterocycles. The highest BCUT2D eigenvalue weighted by molar-refractivity contribution is 6.13. The lowest BCUT2D eigenvalue weighted by Crippen LogP contribution is -2.06. The van der Waals surface area contributed by atoms with E-state index < -0.39 is 10.9 Å². The Balaban J connectivity index is 1.97. The van der Waals surface area contributed by atoms with E-state index in [0.29, 0.717) is 34.8 Å². The van der Waals surface area contributed by atoms with Gasteiger partial charge in [0.1, 0.15) is 0 Å². The van der Waals surface area contributed by atoms with Crippen LogP contribution in [-0.4, -0.2) is 30.5 Å². The van der Waals surface area contributed by atoms with E-state index in [9.17, 15) is 14.9 Å². The summed E-state index contributed by atoms with van der Waals surface area (Å²) in [7, 11) is 1.54. The van der Waals surface area contributed by atoms with Crippen molar-refractivity contribution in [1.82, 2.24) is 0 Å². The lowest BCUT2D eigenvalue weighted by molar-refractivity contribution is -0.385. The molecule has 0 aliphatic carbocycles. The van der Waals surface area contributed by atoms with Gasteiger partial charge in [0.15, 0.2) is 17.2 Å². The molecule has 0 aromatic heterocycles. The van der Waals surface area contributed by atoms with Gasteiger partial charge in [0, 0.05) is 22.8 Å². The number of aliphatic imine (C=N–C) groups is 1. The maximum absolute atomic E-state index is 12.3. The maximum Gasteiger partial charge on any atom is 0.363 e. The topological polar surface area (TPSA) is 100 Å². The second kappa shape index (κ2) is 8.55. The van der Waals surface area contributed by atoms with Crippen LogP contribution in [0.3, 0.4) is 0 Å². The van der Waals surface area contributed by atoms with E-state index in [4.69, 9.17) is 14.2 Å². The normalized spacial score (nSPS) is 14.5. The number of ether oxygens (including phenoxy) is 3. The predicted molar refractivity (Wildman–Crippen MR) is 107 cm³/mol. The van der Waals surface area contributed by atoms with Crippen LogP contribution >= 0.6 is 0 Å². The first-order valence-electron chi connectivity index (χ1n) is 9.02. The molecule has 2 aromatic rings. The lowest BCUT2D eigenvalue weighted by Gasteiger charge is -2.12. The number of para-hydroxylation sites is 1. The summed E-state index contributed by atoms with van der Waals surface area (Å²) >= 11 is 0. The minimum absolute atomic E-state index is 0.0106. The average molecular weight is 396 g/mol. The molecule has 150 valence electrons. The Morgan fingerprint density at radius 2 is 2.07 bits per heavy atom. The molecule has 8 heteroatoms. The zero-order valence-electron chi connectivity index (χ0n) is 16.3. The van der Waals surface area contributed by atoms with Gasteiger partial charge in [-0.2, -0.15) is 0 Å². The Morgan fingerprint density at radius 3 is 2.72 bits per heavy atom. The zero-order valence-corrected chi connectivity index (χ0v) is 16.3. The molecule has 2 aromatic carbocycles. The molecule has 0 N–H and O–H groups in total. The van der Waals surface area contributed by atoms with Crippen LogP contribution in [0.5, 0.6) is 11.5 Å². The van der Waals surface area contributed by atoms with E-state index in [0.717, 1.165) is 6.42 Å². The van der Waals surface area contributed by atoms with E-state index in [1.165, 1.54) is 12.1 Å². The molecule has 0 radical (unpaired) electrons. The third-order valence-corrected chi connectivity index (χ3v) is 4.23. The Hall–Kier alpha value is -3.68. The van der Waals surface area contributed by atoms with Gasteiger partial charge in [-0.05, 0) is 37.6 Å². The molecule has 0 bridgehead atoms. The maximum atomic E-state index is 12.3. The highest BCUT2D eigenvalue weighted by Gasteiger charge is 2.26. The van der Waals surface area contributed by atoms with Crippen LogP contribution in [0.2, 0.25) is 0 Å². The lowest BCUT2D eigenvalue weighted by atomic mass is 10.1. The van der Waals surface area contributed by atoms with Crippen LogP contribution in [-0.2, 0) is 9.53 Å². The molecule has 1 aliphatic rings. The van der Waals surface area contributed by atoms with Gasteiger partial charge in [0.2, 0.25) is 5.90 Å². The Morgan fingerprint density at radius 1 is 1.28 bits per heavy atom. The predicted octanol–water partition coefficient (Wildman–Crippen LogP) is 4.05. The molecule has 1 aliphatic heterocycles. The van der Waals surface area contributed by atoms with Crippen LogP contribution < -0.4 is 9.47 Å². The fourth-order valence-corrected chi connectivity index (χ4v) is 2.84. The van der Waals surface area contributed by atoms with Crippen molar-refractivity contribution in [3.05, 3.63) is 68.9 Å². The monoisotopic (exact) mass is 396 g/mol. The minimum atomic E-state index is -0.611. The number of nitrogens with zero attached hydrogens (tertiary/aromatic N) is 2. The number of hydrogen-bond donors (Lipinski definition) is 0. The second-order valence-electron chi connectivity index (χ2n) is 6.32. The molecule has 0 saturated heterocycles. The number of methoxy groups -OCH3 is 1. The molecule has 0 amide bonds. The molecule has 8 nitrogen and oxygen atoms in total. The number of carbonyl (C=O) groups is 1. The van der Waals surface area contributed by atoms with E-state index >= 15 is 0 Å². The van der Waals surface area contributed by atoms with Crippen molar-refractivity contribution >= 4 is 23.6 Å². The van der Waals surface area contributed by atoms with Gasteiger partial charge in [-0.1, -0.05) is 19.1 Å². The largest absolute Gasteiger partial charge is 0.493 e. The van der Waals surface area contributed by atoms with Gasteiger partial charge in [-0.15, -0.1) is 0 Å². The van der Waals surface area contributed by atoms with Crippen molar-refractivity contribution in [1.29, 1.82) is 0 Å². The number of rotatable bonds is 7. The number of benzene rings is 2. The average Bonchev–Trinajstić information content (AvgIpc) is 3.06. The highest BCUT2D eigenvalue weighted by Crippen LogP contribution is 2.34. The SMILES string of the molecule is CCCOc1c(/C=C2\N=C(c3ccc([N+](=O)[O-])c(C)c3)OC2=O)cccc1OC. The summed E-state index contributed by atoms with van der Waals surface area (Å²) in [6.45, 7) is 4.10. The van der Waals surface area contributed by atoms with Crippen molar-refractivity contribution in [2.24, 2.45) is 4.99 Å². The summed E-state index contributed by atoms with van der Waals surface area (Å²) in [6, 6.07) is 9.78. The van der Waals surface area contributed by atoms with Crippen molar-refractivity contribution < 1.29 is 23.9 Å². The first-order chi connectivity index (χ1) is 13.9. The van der Waals surface area contributed by atoms with E-state index in [1.807, 2.05) is 6.92 Å². The summed E-state index contributed by atoms with van der Waals surface area (Å²) in [4.78, 5) is 27.1. The van der Waals surface area contributed by atoms with Crippen LogP contribution in [0.15, 0.2) is 47.1 Å². The summed E-state index contributed by atoms with van der Waals surface area (Å²) in [5, 5.41) is 11.0.